The maximum Gasteiger partial charge on any atom is 0.260 e. The van der Waals surface area contributed by atoms with E-state index in [2.05, 4.69) is 0 Å². The van der Waals surface area contributed by atoms with Crippen LogP contribution in [0.3, 0.4) is 0 Å². The number of ether oxygens (including phenoxy) is 2. The Kier molecular flexibility index (Phi) is 6.78. The number of methoxy groups -OCH3 is 1. The predicted octanol–water partition coefficient (Wildman–Crippen LogP) is 2.10. The molecule has 6 heteroatoms. The minimum absolute atomic E-state index is 0.0823. The molecular weight excluding hydrogens is 292 g/mol. The van der Waals surface area contributed by atoms with Crippen LogP contribution < -0.4 is 15.2 Å². The van der Waals surface area contributed by atoms with E-state index in [0.717, 1.165) is 5.56 Å². The molecule has 0 unspecified atom stereocenters. The highest BCUT2D eigenvalue weighted by atomic mass is 35.5. The molecule has 0 saturated carbocycles. The van der Waals surface area contributed by atoms with Crippen molar-refractivity contribution in [1.82, 2.24) is 4.90 Å². The first-order valence-electron chi connectivity index (χ1n) is 6.85. The number of carbonyl (C=O) groups is 1. The van der Waals surface area contributed by atoms with Gasteiger partial charge >= 0.3 is 0 Å². The number of likely N-dealkylation sites (N-methyl/N-ethyl adjacent to an activating group) is 1. The summed E-state index contributed by atoms with van der Waals surface area (Å²) in [6, 6.07) is 3.72. The lowest BCUT2D eigenvalue weighted by Crippen LogP contribution is -2.36. The summed E-state index contributed by atoms with van der Waals surface area (Å²) in [7, 11) is 3.27. The SMILES string of the molecule is COc1cc(CCN)cc(Cl)c1OCC(=O)N(C)C(C)C. The van der Waals surface area contributed by atoms with Crippen molar-refractivity contribution in [2.45, 2.75) is 26.3 Å². The van der Waals surface area contributed by atoms with Gasteiger partial charge in [0.1, 0.15) is 0 Å². The van der Waals surface area contributed by atoms with Gasteiger partial charge in [0, 0.05) is 13.1 Å². The van der Waals surface area contributed by atoms with Gasteiger partial charge < -0.3 is 20.1 Å². The van der Waals surface area contributed by atoms with E-state index in [0.29, 0.717) is 29.5 Å². The van der Waals surface area contributed by atoms with Gasteiger partial charge in [0.25, 0.3) is 5.91 Å². The molecule has 1 rings (SSSR count). The van der Waals surface area contributed by atoms with Crippen LogP contribution in [-0.2, 0) is 11.2 Å². The maximum atomic E-state index is 11.9. The highest BCUT2D eigenvalue weighted by Crippen LogP contribution is 2.36. The van der Waals surface area contributed by atoms with Crippen LogP contribution in [0.4, 0.5) is 0 Å². The second-order valence-corrected chi connectivity index (χ2v) is 5.44. The number of nitrogens with two attached hydrogens (primary N) is 1. The topological polar surface area (TPSA) is 64.8 Å². The van der Waals surface area contributed by atoms with Crippen LogP contribution in [0.25, 0.3) is 0 Å². The number of carbonyl (C=O) groups excluding carboxylic acids is 1. The molecule has 0 fully saturated rings. The van der Waals surface area contributed by atoms with Crippen LogP contribution in [0, 0.1) is 0 Å². The van der Waals surface area contributed by atoms with E-state index in [-0.39, 0.29) is 18.6 Å². The van der Waals surface area contributed by atoms with E-state index < -0.39 is 0 Å². The van der Waals surface area contributed by atoms with Gasteiger partial charge in [-0.15, -0.1) is 0 Å². The van der Waals surface area contributed by atoms with Crippen molar-refractivity contribution in [2.75, 3.05) is 27.3 Å². The number of halogens is 1. The molecule has 5 nitrogen and oxygen atoms in total. The van der Waals surface area contributed by atoms with E-state index >= 15 is 0 Å². The van der Waals surface area contributed by atoms with Gasteiger partial charge in [-0.1, -0.05) is 11.6 Å². The van der Waals surface area contributed by atoms with Crippen molar-refractivity contribution < 1.29 is 14.3 Å². The fraction of sp³-hybridized carbons (Fsp3) is 0.533. The van der Waals surface area contributed by atoms with Crippen molar-refractivity contribution in [3.05, 3.63) is 22.7 Å². The second-order valence-electron chi connectivity index (χ2n) is 5.03. The van der Waals surface area contributed by atoms with Crippen molar-refractivity contribution in [1.29, 1.82) is 0 Å². The Bertz CT molecular complexity index is 492. The zero-order valence-electron chi connectivity index (χ0n) is 13.0. The molecule has 1 amide bonds. The first-order valence-corrected chi connectivity index (χ1v) is 7.23. The van der Waals surface area contributed by atoms with Gasteiger partial charge in [-0.2, -0.15) is 0 Å². The summed E-state index contributed by atoms with van der Waals surface area (Å²) in [6.07, 6.45) is 0.700. The van der Waals surface area contributed by atoms with E-state index in [1.165, 1.54) is 7.11 Å². The standard InChI is InChI=1S/C15H23ClN2O3/c1-10(2)18(3)14(19)9-21-15-12(16)7-11(5-6-17)8-13(15)20-4/h7-8,10H,5-6,9,17H2,1-4H3. The van der Waals surface area contributed by atoms with E-state index in [1.54, 1.807) is 18.0 Å². The Hall–Kier alpha value is -1.46. The van der Waals surface area contributed by atoms with Gasteiger partial charge in [0.2, 0.25) is 0 Å². The molecule has 0 saturated heterocycles. The van der Waals surface area contributed by atoms with Crippen molar-refractivity contribution in [2.24, 2.45) is 5.73 Å². The molecule has 0 bridgehead atoms. The molecule has 0 heterocycles. The Labute approximate surface area is 131 Å². The van der Waals surface area contributed by atoms with Gasteiger partial charge in [0.05, 0.1) is 12.1 Å². The van der Waals surface area contributed by atoms with Crippen LogP contribution in [0.5, 0.6) is 11.5 Å². The van der Waals surface area contributed by atoms with E-state index in [1.807, 2.05) is 19.9 Å². The molecule has 1 aromatic rings. The highest BCUT2D eigenvalue weighted by molar-refractivity contribution is 6.32. The summed E-state index contributed by atoms with van der Waals surface area (Å²) in [5.74, 6) is 0.769. The monoisotopic (exact) mass is 314 g/mol. The number of hydrogen-bond acceptors (Lipinski definition) is 4. The van der Waals surface area contributed by atoms with Gasteiger partial charge in [-0.05, 0) is 44.5 Å². The molecule has 0 aliphatic carbocycles. The van der Waals surface area contributed by atoms with Crippen molar-refractivity contribution >= 4 is 17.5 Å². The Balaban J connectivity index is 2.85. The molecule has 21 heavy (non-hydrogen) atoms. The van der Waals surface area contributed by atoms with Gasteiger partial charge in [-0.25, -0.2) is 0 Å². The number of amides is 1. The van der Waals surface area contributed by atoms with Gasteiger partial charge in [0.15, 0.2) is 18.1 Å². The third kappa shape index (κ3) is 4.79. The average molecular weight is 315 g/mol. The molecule has 2 N–H and O–H groups in total. The first-order chi connectivity index (χ1) is 9.90. The quantitative estimate of drug-likeness (QED) is 0.837. The molecule has 0 radical (unpaired) electrons. The molecule has 0 aromatic heterocycles. The zero-order valence-corrected chi connectivity index (χ0v) is 13.7. The molecule has 0 aliphatic rings. The Morgan fingerprint density at radius 2 is 2.10 bits per heavy atom. The molecule has 1 aromatic carbocycles. The van der Waals surface area contributed by atoms with Crippen LogP contribution in [0.1, 0.15) is 19.4 Å². The summed E-state index contributed by atoms with van der Waals surface area (Å²) in [5.41, 5.74) is 6.50. The minimum atomic E-state index is -0.117. The van der Waals surface area contributed by atoms with Crippen molar-refractivity contribution in [3.8, 4) is 11.5 Å². The lowest BCUT2D eigenvalue weighted by Gasteiger charge is -2.22. The molecule has 0 spiro atoms. The number of rotatable bonds is 7. The third-order valence-electron chi connectivity index (χ3n) is 3.23. The van der Waals surface area contributed by atoms with Crippen LogP contribution in [0.15, 0.2) is 12.1 Å². The predicted molar refractivity (Wildman–Crippen MR) is 84.2 cm³/mol. The number of benzene rings is 1. The summed E-state index contributed by atoms with van der Waals surface area (Å²) in [4.78, 5) is 13.6. The van der Waals surface area contributed by atoms with Gasteiger partial charge in [-0.3, -0.25) is 4.79 Å². The first kappa shape index (κ1) is 17.6. The van der Waals surface area contributed by atoms with Crippen LogP contribution >= 0.6 is 11.6 Å². The lowest BCUT2D eigenvalue weighted by atomic mass is 10.1. The maximum absolute atomic E-state index is 11.9. The zero-order chi connectivity index (χ0) is 16.0. The van der Waals surface area contributed by atoms with Crippen LogP contribution in [-0.4, -0.2) is 44.2 Å². The van der Waals surface area contributed by atoms with E-state index in [4.69, 9.17) is 26.8 Å². The minimum Gasteiger partial charge on any atom is -0.493 e. The normalized spacial score (nSPS) is 10.6. The smallest absolute Gasteiger partial charge is 0.260 e. The second kappa shape index (κ2) is 8.10. The number of hydrogen-bond donors (Lipinski definition) is 1. The molecule has 118 valence electrons. The lowest BCUT2D eigenvalue weighted by molar-refractivity contribution is -0.133. The average Bonchev–Trinajstić information content (AvgIpc) is 2.44. The summed E-state index contributed by atoms with van der Waals surface area (Å²) in [5, 5.41) is 0.415. The van der Waals surface area contributed by atoms with Crippen molar-refractivity contribution in [3.63, 3.8) is 0 Å². The summed E-state index contributed by atoms with van der Waals surface area (Å²) >= 11 is 6.20. The number of nitrogens with zero attached hydrogens (tertiary/aromatic N) is 1. The summed E-state index contributed by atoms with van der Waals surface area (Å²) in [6.45, 7) is 4.32. The fourth-order valence-electron chi connectivity index (χ4n) is 1.75. The Morgan fingerprint density at radius 1 is 1.43 bits per heavy atom. The highest BCUT2D eigenvalue weighted by Gasteiger charge is 2.16. The summed E-state index contributed by atoms with van der Waals surface area (Å²) < 4.78 is 10.8. The molecular formula is C15H23ClN2O3. The van der Waals surface area contributed by atoms with Crippen LogP contribution in [0.2, 0.25) is 5.02 Å². The fourth-order valence-corrected chi connectivity index (χ4v) is 2.04. The third-order valence-corrected chi connectivity index (χ3v) is 3.51. The largest absolute Gasteiger partial charge is 0.493 e. The molecule has 0 aliphatic heterocycles. The Morgan fingerprint density at radius 3 is 2.62 bits per heavy atom. The molecule has 0 atom stereocenters. The van der Waals surface area contributed by atoms with E-state index in [9.17, 15) is 4.79 Å².